The molecule has 1 N–H and O–H groups in total. The molecule has 0 saturated carbocycles. The molecule has 5 heteroatoms. The van der Waals surface area contributed by atoms with Crippen LogP contribution in [0.5, 0.6) is 0 Å². The highest BCUT2D eigenvalue weighted by atomic mass is 79.9. The molecule has 19 heavy (non-hydrogen) atoms. The molecule has 1 aliphatic rings. The highest BCUT2D eigenvalue weighted by Crippen LogP contribution is 2.26. The number of likely N-dealkylation sites (N-methyl/N-ethyl adjacent to an activating group) is 1. The fourth-order valence-electron chi connectivity index (χ4n) is 2.65. The molecule has 2 atom stereocenters. The summed E-state index contributed by atoms with van der Waals surface area (Å²) in [4.78, 5) is 4.35. The van der Waals surface area contributed by atoms with Crippen molar-refractivity contribution in [1.82, 2.24) is 9.80 Å². The van der Waals surface area contributed by atoms with Crippen LogP contribution < -0.4 is 0 Å². The number of likely N-dealkylation sites (tertiary alicyclic amines) is 1. The van der Waals surface area contributed by atoms with Crippen molar-refractivity contribution in [2.75, 3.05) is 27.2 Å². The van der Waals surface area contributed by atoms with Crippen molar-refractivity contribution < 1.29 is 9.50 Å². The van der Waals surface area contributed by atoms with Gasteiger partial charge in [0.05, 0.1) is 10.6 Å². The fraction of sp³-hybridized carbons (Fsp3) is 0.571. The van der Waals surface area contributed by atoms with Crippen molar-refractivity contribution in [2.24, 2.45) is 0 Å². The van der Waals surface area contributed by atoms with Crippen molar-refractivity contribution in [2.45, 2.75) is 25.1 Å². The number of halogens is 2. The van der Waals surface area contributed by atoms with E-state index in [1.807, 2.05) is 20.2 Å². The van der Waals surface area contributed by atoms with Gasteiger partial charge in [-0.1, -0.05) is 12.1 Å². The van der Waals surface area contributed by atoms with E-state index in [-0.39, 0.29) is 11.9 Å². The third kappa shape index (κ3) is 3.75. The lowest BCUT2D eigenvalue weighted by Gasteiger charge is -2.27. The van der Waals surface area contributed by atoms with Crippen LogP contribution in [0, 0.1) is 5.82 Å². The number of aliphatic hydroxyl groups is 1. The molecule has 0 aliphatic carbocycles. The van der Waals surface area contributed by atoms with Crippen LogP contribution in [0.15, 0.2) is 22.7 Å². The van der Waals surface area contributed by atoms with Crippen LogP contribution in [-0.4, -0.2) is 54.2 Å². The zero-order valence-corrected chi connectivity index (χ0v) is 12.9. The number of β-amino-alcohol motifs (C(OH)–C–C–N with tert-alkyl or cyclic N) is 1. The van der Waals surface area contributed by atoms with Gasteiger partial charge in [-0.15, -0.1) is 0 Å². The Hall–Kier alpha value is -0.490. The first kappa shape index (κ1) is 14.9. The van der Waals surface area contributed by atoms with Gasteiger partial charge in [-0.3, -0.25) is 4.90 Å². The zero-order chi connectivity index (χ0) is 14.0. The lowest BCUT2D eigenvalue weighted by Crippen LogP contribution is -2.37. The van der Waals surface area contributed by atoms with Crippen LogP contribution >= 0.6 is 15.9 Å². The summed E-state index contributed by atoms with van der Waals surface area (Å²) < 4.78 is 14.0. The molecule has 1 aliphatic heterocycles. The second-order valence-electron chi connectivity index (χ2n) is 5.45. The van der Waals surface area contributed by atoms with Gasteiger partial charge in [0.1, 0.15) is 5.82 Å². The number of aliphatic hydroxyl groups excluding tert-OH is 1. The predicted molar refractivity (Wildman–Crippen MR) is 77.5 cm³/mol. The first-order valence-corrected chi connectivity index (χ1v) is 7.26. The molecule has 1 aromatic carbocycles. The van der Waals surface area contributed by atoms with Crippen LogP contribution in [0.1, 0.15) is 12.0 Å². The van der Waals surface area contributed by atoms with Crippen molar-refractivity contribution in [3.8, 4) is 0 Å². The lowest BCUT2D eigenvalue weighted by molar-refractivity contribution is 0.169. The Labute approximate surface area is 122 Å². The molecule has 106 valence electrons. The van der Waals surface area contributed by atoms with Gasteiger partial charge in [0.25, 0.3) is 0 Å². The molecule has 0 aromatic heterocycles. The molecular weight excluding hydrogens is 311 g/mol. The normalized spacial score (nSPS) is 24.3. The van der Waals surface area contributed by atoms with Crippen LogP contribution in [0.25, 0.3) is 0 Å². The Morgan fingerprint density at radius 2 is 2.21 bits per heavy atom. The maximum Gasteiger partial charge on any atom is 0.137 e. The Kier molecular flexibility index (Phi) is 4.95. The van der Waals surface area contributed by atoms with Crippen molar-refractivity contribution >= 4 is 15.9 Å². The number of hydrogen-bond acceptors (Lipinski definition) is 3. The van der Waals surface area contributed by atoms with Gasteiger partial charge in [-0.05, 0) is 48.1 Å². The molecular formula is C14H20BrFN2O. The first-order chi connectivity index (χ1) is 8.97. The number of nitrogens with zero attached hydrogens (tertiary/aromatic N) is 2. The van der Waals surface area contributed by atoms with Gasteiger partial charge < -0.3 is 10.0 Å². The molecule has 0 bridgehead atoms. The molecule has 2 rings (SSSR count). The minimum Gasteiger partial charge on any atom is -0.392 e. The predicted octanol–water partition coefficient (Wildman–Crippen LogP) is 2.08. The summed E-state index contributed by atoms with van der Waals surface area (Å²) in [6.07, 6.45) is 0.503. The van der Waals surface area contributed by atoms with Gasteiger partial charge >= 0.3 is 0 Å². The Morgan fingerprint density at radius 1 is 1.47 bits per heavy atom. The summed E-state index contributed by atoms with van der Waals surface area (Å²) >= 11 is 3.30. The van der Waals surface area contributed by atoms with Gasteiger partial charge in [-0.25, -0.2) is 4.39 Å². The maximum absolute atomic E-state index is 13.5. The van der Waals surface area contributed by atoms with E-state index in [2.05, 4.69) is 25.7 Å². The average molecular weight is 331 g/mol. The van der Waals surface area contributed by atoms with E-state index in [9.17, 15) is 9.50 Å². The van der Waals surface area contributed by atoms with Gasteiger partial charge in [-0.2, -0.15) is 0 Å². The molecule has 2 unspecified atom stereocenters. The fourth-order valence-corrected chi connectivity index (χ4v) is 3.04. The number of hydrogen-bond donors (Lipinski definition) is 1. The van der Waals surface area contributed by atoms with E-state index in [1.54, 1.807) is 6.07 Å². The number of rotatable bonds is 4. The summed E-state index contributed by atoms with van der Waals surface area (Å²) in [6, 6.07) is 5.41. The lowest BCUT2D eigenvalue weighted by atomic mass is 10.1. The second-order valence-corrected chi connectivity index (χ2v) is 6.24. The third-order valence-electron chi connectivity index (χ3n) is 3.49. The molecule has 1 heterocycles. The maximum atomic E-state index is 13.5. The second kappa shape index (κ2) is 6.31. The quantitative estimate of drug-likeness (QED) is 0.915. The van der Waals surface area contributed by atoms with Crippen LogP contribution in [0.3, 0.4) is 0 Å². The Balaban J connectivity index is 2.10. The van der Waals surface area contributed by atoms with E-state index in [0.29, 0.717) is 23.6 Å². The average Bonchev–Trinajstić information content (AvgIpc) is 2.64. The SMILES string of the molecule is CN(C)CC1CC(O)CN1Cc1cccc(F)c1Br. The van der Waals surface area contributed by atoms with Crippen molar-refractivity contribution in [3.05, 3.63) is 34.1 Å². The molecule has 1 fully saturated rings. The minimum atomic E-state index is -0.280. The topological polar surface area (TPSA) is 26.7 Å². The molecule has 1 saturated heterocycles. The largest absolute Gasteiger partial charge is 0.392 e. The van der Waals surface area contributed by atoms with Gasteiger partial charge in [0, 0.05) is 25.7 Å². The highest BCUT2D eigenvalue weighted by molar-refractivity contribution is 9.10. The third-order valence-corrected chi connectivity index (χ3v) is 4.37. The monoisotopic (exact) mass is 330 g/mol. The van der Waals surface area contributed by atoms with E-state index in [0.717, 1.165) is 18.5 Å². The van der Waals surface area contributed by atoms with Crippen LogP contribution in [0.2, 0.25) is 0 Å². The highest BCUT2D eigenvalue weighted by Gasteiger charge is 2.31. The number of benzene rings is 1. The zero-order valence-electron chi connectivity index (χ0n) is 11.3. The molecule has 0 amide bonds. The molecule has 0 radical (unpaired) electrons. The summed E-state index contributed by atoms with van der Waals surface area (Å²) in [5, 5.41) is 9.84. The summed E-state index contributed by atoms with van der Waals surface area (Å²) in [5.74, 6) is -0.235. The minimum absolute atomic E-state index is 0.235. The summed E-state index contributed by atoms with van der Waals surface area (Å²) in [7, 11) is 4.06. The molecule has 1 aromatic rings. The molecule has 0 spiro atoms. The molecule has 3 nitrogen and oxygen atoms in total. The van der Waals surface area contributed by atoms with Crippen molar-refractivity contribution in [3.63, 3.8) is 0 Å². The smallest absolute Gasteiger partial charge is 0.137 e. The van der Waals surface area contributed by atoms with E-state index in [4.69, 9.17) is 0 Å². The summed E-state index contributed by atoms with van der Waals surface area (Å²) in [6.45, 7) is 2.22. The Bertz CT molecular complexity index is 441. The van der Waals surface area contributed by atoms with E-state index < -0.39 is 0 Å². The summed E-state index contributed by atoms with van der Waals surface area (Å²) in [5.41, 5.74) is 0.929. The van der Waals surface area contributed by atoms with Gasteiger partial charge in [0.2, 0.25) is 0 Å². The van der Waals surface area contributed by atoms with Crippen LogP contribution in [-0.2, 0) is 6.54 Å². The van der Waals surface area contributed by atoms with Crippen LogP contribution in [0.4, 0.5) is 4.39 Å². The van der Waals surface area contributed by atoms with Gasteiger partial charge in [0.15, 0.2) is 0 Å². The van der Waals surface area contributed by atoms with E-state index in [1.165, 1.54) is 6.07 Å². The first-order valence-electron chi connectivity index (χ1n) is 6.47. The standard InChI is InChI=1S/C14H20BrFN2O/c1-17(2)8-11-6-12(19)9-18(11)7-10-4-3-5-13(16)14(10)15/h3-5,11-12,19H,6-9H2,1-2H3. The van der Waals surface area contributed by atoms with Crippen molar-refractivity contribution in [1.29, 1.82) is 0 Å². The van der Waals surface area contributed by atoms with E-state index >= 15 is 0 Å². The Morgan fingerprint density at radius 3 is 2.89 bits per heavy atom.